The fourth-order valence-corrected chi connectivity index (χ4v) is 10.5. The Kier molecular flexibility index (Phi) is 5.88. The van der Waals surface area contributed by atoms with E-state index in [1.54, 1.807) is 6.26 Å². The standard InChI is InChI=1S/C15H22O4S4/c1-2-6-23-15(3-1,14-21-9-20-10-22-14)13-18-8-12(19-13)11-7-16-4-5-17-11/h8,11,13-14H,1-7,9-10H2. The van der Waals surface area contributed by atoms with Crippen LogP contribution in [-0.2, 0) is 18.9 Å². The summed E-state index contributed by atoms with van der Waals surface area (Å²) in [6.07, 6.45) is 5.20. The normalized spacial score (nSPS) is 39.4. The second kappa shape index (κ2) is 7.91. The van der Waals surface area contributed by atoms with Crippen molar-refractivity contribution < 1.29 is 18.9 Å². The third-order valence-corrected chi connectivity index (χ3v) is 11.1. The smallest absolute Gasteiger partial charge is 0.256 e. The van der Waals surface area contributed by atoms with Crippen LogP contribution in [0.2, 0.25) is 0 Å². The number of thioether (sulfide) groups is 4. The molecular weight excluding hydrogens is 372 g/mol. The van der Waals surface area contributed by atoms with E-state index in [9.17, 15) is 0 Å². The first-order valence-electron chi connectivity index (χ1n) is 8.05. The van der Waals surface area contributed by atoms with Crippen LogP contribution in [0, 0.1) is 0 Å². The molecule has 4 heterocycles. The molecule has 4 nitrogen and oxygen atoms in total. The molecule has 3 unspecified atom stereocenters. The highest BCUT2D eigenvalue weighted by molar-refractivity contribution is 8.33. The quantitative estimate of drug-likeness (QED) is 0.717. The monoisotopic (exact) mass is 394 g/mol. The summed E-state index contributed by atoms with van der Waals surface area (Å²) in [7, 11) is 0. The summed E-state index contributed by atoms with van der Waals surface area (Å²) in [5.41, 5.74) is 0. The highest BCUT2D eigenvalue weighted by atomic mass is 32.3. The molecule has 4 rings (SSSR count). The van der Waals surface area contributed by atoms with Gasteiger partial charge in [0.2, 0.25) is 0 Å². The molecule has 130 valence electrons. The Balaban J connectivity index is 1.47. The molecule has 3 fully saturated rings. The van der Waals surface area contributed by atoms with E-state index >= 15 is 0 Å². The van der Waals surface area contributed by atoms with Crippen molar-refractivity contribution in [1.82, 2.24) is 0 Å². The molecule has 0 aromatic heterocycles. The topological polar surface area (TPSA) is 36.9 Å². The average Bonchev–Trinajstić information content (AvgIpc) is 3.14. The summed E-state index contributed by atoms with van der Waals surface area (Å²) in [6, 6.07) is 0. The maximum atomic E-state index is 6.28. The highest BCUT2D eigenvalue weighted by Crippen LogP contribution is 2.55. The van der Waals surface area contributed by atoms with Crippen LogP contribution in [0.25, 0.3) is 0 Å². The van der Waals surface area contributed by atoms with Crippen molar-refractivity contribution in [1.29, 1.82) is 0 Å². The first-order chi connectivity index (χ1) is 11.4. The van der Waals surface area contributed by atoms with Crippen molar-refractivity contribution in [2.45, 2.75) is 41.0 Å². The van der Waals surface area contributed by atoms with Crippen LogP contribution < -0.4 is 0 Å². The molecular formula is C15H22O4S4. The molecule has 23 heavy (non-hydrogen) atoms. The Labute approximate surface area is 154 Å². The Morgan fingerprint density at radius 1 is 1.13 bits per heavy atom. The molecule has 3 saturated heterocycles. The fraction of sp³-hybridized carbons (Fsp3) is 0.867. The second-order valence-electron chi connectivity index (χ2n) is 5.91. The Morgan fingerprint density at radius 3 is 2.78 bits per heavy atom. The molecule has 0 aromatic rings. The molecule has 0 aromatic carbocycles. The van der Waals surface area contributed by atoms with Crippen molar-refractivity contribution >= 4 is 47.0 Å². The van der Waals surface area contributed by atoms with Gasteiger partial charge in [-0.25, -0.2) is 0 Å². The van der Waals surface area contributed by atoms with Crippen molar-refractivity contribution in [3.63, 3.8) is 0 Å². The van der Waals surface area contributed by atoms with Gasteiger partial charge in [0, 0.05) is 10.2 Å². The van der Waals surface area contributed by atoms with E-state index in [-0.39, 0.29) is 17.1 Å². The van der Waals surface area contributed by atoms with Gasteiger partial charge in [0.15, 0.2) is 5.76 Å². The Bertz CT molecular complexity index is 429. The Hall–Kier alpha value is 0.660. The molecule has 0 saturated carbocycles. The summed E-state index contributed by atoms with van der Waals surface area (Å²) in [5.74, 6) is 2.01. The molecule has 3 atom stereocenters. The van der Waals surface area contributed by atoms with Gasteiger partial charge in [-0.3, -0.25) is 0 Å². The number of hydrogen-bond donors (Lipinski definition) is 0. The predicted molar refractivity (Wildman–Crippen MR) is 99.9 cm³/mol. The summed E-state index contributed by atoms with van der Waals surface area (Å²) in [5, 5.41) is 2.35. The molecule has 0 amide bonds. The first kappa shape index (κ1) is 17.1. The molecule has 0 spiro atoms. The van der Waals surface area contributed by atoms with E-state index in [1.807, 2.05) is 11.8 Å². The highest BCUT2D eigenvalue weighted by Gasteiger charge is 2.53. The zero-order valence-electron chi connectivity index (χ0n) is 12.9. The van der Waals surface area contributed by atoms with Crippen LogP contribution >= 0.6 is 47.0 Å². The van der Waals surface area contributed by atoms with Gasteiger partial charge in [0.05, 0.1) is 24.4 Å². The summed E-state index contributed by atoms with van der Waals surface area (Å²) < 4.78 is 24.2. The zero-order chi connectivity index (χ0) is 15.5. The fourth-order valence-electron chi connectivity index (χ4n) is 3.23. The first-order valence-corrected chi connectivity index (χ1v) is 12.3. The zero-order valence-corrected chi connectivity index (χ0v) is 16.2. The van der Waals surface area contributed by atoms with Gasteiger partial charge >= 0.3 is 0 Å². The van der Waals surface area contributed by atoms with Crippen molar-refractivity contribution in [3.8, 4) is 0 Å². The molecule has 4 aliphatic rings. The summed E-state index contributed by atoms with van der Waals surface area (Å²) in [6.45, 7) is 1.86. The van der Waals surface area contributed by atoms with E-state index in [1.165, 1.54) is 35.2 Å². The van der Waals surface area contributed by atoms with Gasteiger partial charge in [-0.1, -0.05) is 6.42 Å². The molecule has 0 bridgehead atoms. The Morgan fingerprint density at radius 2 is 2.04 bits per heavy atom. The predicted octanol–water partition coefficient (Wildman–Crippen LogP) is 3.73. The summed E-state index contributed by atoms with van der Waals surface area (Å²) in [4.78, 5) is 0. The summed E-state index contributed by atoms with van der Waals surface area (Å²) >= 11 is 8.19. The van der Waals surface area contributed by atoms with Gasteiger partial charge in [-0.15, -0.1) is 47.0 Å². The van der Waals surface area contributed by atoms with Crippen LogP contribution in [0.5, 0.6) is 0 Å². The lowest BCUT2D eigenvalue weighted by molar-refractivity contribution is -0.114. The SMILES string of the molecule is C1=C(C2COCCO2)OC(C2(C3SCSCS3)CCCCS2)O1. The van der Waals surface area contributed by atoms with Crippen LogP contribution in [-0.4, -0.2) is 57.5 Å². The van der Waals surface area contributed by atoms with E-state index in [4.69, 9.17) is 18.9 Å². The van der Waals surface area contributed by atoms with Crippen molar-refractivity contribution in [2.24, 2.45) is 0 Å². The maximum Gasteiger partial charge on any atom is 0.256 e. The number of hydrogen-bond acceptors (Lipinski definition) is 8. The minimum absolute atomic E-state index is 0.0440. The van der Waals surface area contributed by atoms with E-state index in [0.29, 0.717) is 24.4 Å². The number of rotatable bonds is 3. The minimum Gasteiger partial charge on any atom is -0.457 e. The van der Waals surface area contributed by atoms with Gasteiger partial charge in [0.25, 0.3) is 6.29 Å². The maximum absolute atomic E-state index is 6.28. The second-order valence-corrected chi connectivity index (χ2v) is 11.6. The van der Waals surface area contributed by atoms with Gasteiger partial charge in [0.1, 0.15) is 17.1 Å². The lowest BCUT2D eigenvalue weighted by atomic mass is 10.0. The minimum atomic E-state index is -0.193. The third kappa shape index (κ3) is 3.62. The van der Waals surface area contributed by atoms with E-state index in [2.05, 4.69) is 35.3 Å². The third-order valence-electron chi connectivity index (χ3n) is 4.42. The van der Waals surface area contributed by atoms with E-state index < -0.39 is 0 Å². The average molecular weight is 395 g/mol. The molecule has 8 heteroatoms. The van der Waals surface area contributed by atoms with Crippen LogP contribution in [0.1, 0.15) is 19.3 Å². The van der Waals surface area contributed by atoms with Gasteiger partial charge in [-0.05, 0) is 18.6 Å². The van der Waals surface area contributed by atoms with Crippen molar-refractivity contribution in [2.75, 3.05) is 35.7 Å². The van der Waals surface area contributed by atoms with Crippen LogP contribution in [0.4, 0.5) is 0 Å². The van der Waals surface area contributed by atoms with E-state index in [0.717, 1.165) is 5.76 Å². The lowest BCUT2D eigenvalue weighted by Gasteiger charge is -2.45. The van der Waals surface area contributed by atoms with Gasteiger partial charge < -0.3 is 18.9 Å². The number of ether oxygens (including phenoxy) is 4. The van der Waals surface area contributed by atoms with Crippen LogP contribution in [0.3, 0.4) is 0 Å². The molecule has 0 aliphatic carbocycles. The molecule has 0 radical (unpaired) electrons. The molecule has 4 aliphatic heterocycles. The lowest BCUT2D eigenvalue weighted by Crippen LogP contribution is -2.50. The van der Waals surface area contributed by atoms with Crippen LogP contribution in [0.15, 0.2) is 12.0 Å². The molecule has 0 N–H and O–H groups in total. The van der Waals surface area contributed by atoms with Crippen molar-refractivity contribution in [3.05, 3.63) is 12.0 Å². The van der Waals surface area contributed by atoms with Gasteiger partial charge in [-0.2, -0.15) is 0 Å². The largest absolute Gasteiger partial charge is 0.457 e.